The maximum atomic E-state index is 14.0. The maximum absolute atomic E-state index is 14.0. The number of piperidine rings is 1. The van der Waals surface area contributed by atoms with Gasteiger partial charge in [-0.1, -0.05) is 36.4 Å². The molecule has 2 aromatic carbocycles. The minimum absolute atomic E-state index is 0.0870. The fourth-order valence-electron chi connectivity index (χ4n) is 6.52. The van der Waals surface area contributed by atoms with E-state index in [9.17, 15) is 19.5 Å². The van der Waals surface area contributed by atoms with Crippen LogP contribution >= 0.6 is 0 Å². The number of amides is 3. The van der Waals surface area contributed by atoms with Crippen molar-refractivity contribution in [3.63, 3.8) is 0 Å². The number of hydrogen-bond acceptors (Lipinski definition) is 6. The fraction of sp³-hybridized carbons (Fsp3) is 0.444. The molecule has 0 spiro atoms. The van der Waals surface area contributed by atoms with E-state index in [2.05, 4.69) is 39.0 Å². The van der Waals surface area contributed by atoms with Crippen LogP contribution < -0.4 is 9.64 Å². The first kappa shape index (κ1) is 31.4. The topological polar surface area (TPSA) is 107 Å². The number of benzene rings is 2. The number of pyridine rings is 1. The molecular formula is C36H43N5O5. The van der Waals surface area contributed by atoms with E-state index in [0.717, 1.165) is 54.6 Å². The number of anilines is 1. The van der Waals surface area contributed by atoms with E-state index in [1.807, 2.05) is 42.6 Å². The molecular weight excluding hydrogens is 582 g/mol. The van der Waals surface area contributed by atoms with Crippen LogP contribution in [0.25, 0.3) is 11.1 Å². The zero-order chi connectivity index (χ0) is 32.3. The van der Waals surface area contributed by atoms with Crippen LogP contribution in [0.1, 0.15) is 45.1 Å². The number of piperazine rings is 1. The average molecular weight is 626 g/mol. The second-order valence-electron chi connectivity index (χ2n) is 13.1. The Hall–Kier alpha value is -4.60. The molecule has 1 N–H and O–H groups in total. The first-order valence-electron chi connectivity index (χ1n) is 16.3. The Labute approximate surface area is 270 Å². The first-order valence-corrected chi connectivity index (χ1v) is 16.3. The molecule has 3 aromatic rings. The van der Waals surface area contributed by atoms with E-state index < -0.39 is 11.7 Å². The van der Waals surface area contributed by atoms with Crippen molar-refractivity contribution >= 4 is 23.6 Å². The molecule has 1 aliphatic carbocycles. The summed E-state index contributed by atoms with van der Waals surface area (Å²) < 4.78 is 6.25. The van der Waals surface area contributed by atoms with E-state index in [-0.39, 0.29) is 30.8 Å². The van der Waals surface area contributed by atoms with Gasteiger partial charge in [0.05, 0.1) is 5.92 Å². The quantitative estimate of drug-likeness (QED) is 0.351. The van der Waals surface area contributed by atoms with Gasteiger partial charge in [-0.2, -0.15) is 0 Å². The summed E-state index contributed by atoms with van der Waals surface area (Å²) in [4.78, 5) is 50.1. The van der Waals surface area contributed by atoms with Crippen molar-refractivity contribution < 1.29 is 24.2 Å². The summed E-state index contributed by atoms with van der Waals surface area (Å²) in [5, 5.41) is 9.22. The van der Waals surface area contributed by atoms with Crippen LogP contribution in [0.4, 0.5) is 10.5 Å². The molecule has 3 aliphatic rings. The van der Waals surface area contributed by atoms with Gasteiger partial charge in [-0.05, 0) is 74.4 Å². The highest BCUT2D eigenvalue weighted by Gasteiger charge is 2.38. The molecule has 10 nitrogen and oxygen atoms in total. The van der Waals surface area contributed by atoms with Gasteiger partial charge >= 0.3 is 6.09 Å². The molecule has 10 heteroatoms. The van der Waals surface area contributed by atoms with Gasteiger partial charge in [0.25, 0.3) is 5.91 Å². The number of nitrogens with zero attached hydrogens (tertiary/aromatic N) is 5. The molecule has 1 atom stereocenters. The number of carbonyl (C=O) groups is 3. The molecule has 1 aromatic heterocycles. The summed E-state index contributed by atoms with van der Waals surface area (Å²) in [6.07, 6.45) is 6.57. The zero-order valence-corrected chi connectivity index (χ0v) is 26.7. The van der Waals surface area contributed by atoms with Gasteiger partial charge < -0.3 is 29.4 Å². The van der Waals surface area contributed by atoms with Crippen molar-refractivity contribution in [3.8, 4) is 16.9 Å². The molecule has 2 aliphatic heterocycles. The lowest BCUT2D eigenvalue weighted by Gasteiger charge is -2.38. The smallest absolute Gasteiger partial charge is 0.407 e. The maximum Gasteiger partial charge on any atom is 0.407 e. The Bertz CT molecular complexity index is 1530. The number of rotatable bonds is 9. The summed E-state index contributed by atoms with van der Waals surface area (Å²) in [5.41, 5.74) is 3.17. The molecule has 3 heterocycles. The third-order valence-electron chi connectivity index (χ3n) is 9.25. The Morgan fingerprint density at radius 3 is 2.33 bits per heavy atom. The number of carbonyl (C=O) groups excluding carboxylic acids is 2. The monoisotopic (exact) mass is 625 g/mol. The van der Waals surface area contributed by atoms with Crippen LogP contribution in [0.15, 0.2) is 73.1 Å². The number of ether oxygens (including phenoxy) is 1. The molecule has 3 amide bonds. The molecule has 6 rings (SSSR count). The van der Waals surface area contributed by atoms with Crippen molar-refractivity contribution in [1.29, 1.82) is 0 Å². The SMILES string of the molecule is CC(C)(Oc1cccc(N2CCC[C@@H](C(=O)N(Cc3ccc(-c4cccnc4)cc3)C3CC3)C2)c1)C(=O)N1CCN(C(=O)O)CC1. The van der Waals surface area contributed by atoms with Crippen LogP contribution in [-0.4, -0.2) is 93.6 Å². The van der Waals surface area contributed by atoms with Crippen molar-refractivity contribution in [2.45, 2.75) is 57.7 Å². The Kier molecular flexibility index (Phi) is 9.15. The van der Waals surface area contributed by atoms with Crippen LogP contribution in [-0.2, 0) is 16.1 Å². The Balaban J connectivity index is 1.08. The second kappa shape index (κ2) is 13.4. The molecule has 0 radical (unpaired) electrons. The molecule has 242 valence electrons. The van der Waals surface area contributed by atoms with E-state index in [1.54, 1.807) is 24.9 Å². The Morgan fingerprint density at radius 2 is 1.65 bits per heavy atom. The van der Waals surface area contributed by atoms with Gasteiger partial charge in [-0.25, -0.2) is 4.79 Å². The minimum atomic E-state index is -1.12. The van der Waals surface area contributed by atoms with Crippen molar-refractivity contribution in [2.75, 3.05) is 44.2 Å². The zero-order valence-electron chi connectivity index (χ0n) is 26.7. The van der Waals surface area contributed by atoms with Crippen molar-refractivity contribution in [2.24, 2.45) is 5.92 Å². The molecule has 3 fully saturated rings. The standard InChI is InChI=1S/C36H43N5O5/c1-36(2,34(43)38-18-20-39(21-19-38)35(44)45)46-32-9-3-8-31(22-32)40-17-5-7-29(25-40)33(42)41(30-14-15-30)24-26-10-12-27(13-11-26)28-6-4-16-37-23-28/h3-4,6,8-13,16,22-23,29-30H,5,7,14-15,17-21,24-25H2,1-2H3,(H,44,45)/t29-/m1/s1. The predicted molar refractivity (Wildman–Crippen MR) is 176 cm³/mol. The first-order chi connectivity index (χ1) is 22.2. The van der Waals surface area contributed by atoms with Crippen LogP contribution in [0.5, 0.6) is 5.75 Å². The van der Waals surface area contributed by atoms with E-state index in [1.165, 1.54) is 4.90 Å². The van der Waals surface area contributed by atoms with Crippen LogP contribution in [0.2, 0.25) is 0 Å². The third kappa shape index (κ3) is 7.27. The van der Waals surface area contributed by atoms with Gasteiger partial charge in [0.2, 0.25) is 5.91 Å². The van der Waals surface area contributed by atoms with Gasteiger partial charge in [-0.15, -0.1) is 0 Å². The van der Waals surface area contributed by atoms with Crippen molar-refractivity contribution in [1.82, 2.24) is 19.7 Å². The van der Waals surface area contributed by atoms with Gasteiger partial charge in [0, 0.05) is 76.0 Å². The molecule has 0 unspecified atom stereocenters. The average Bonchev–Trinajstić information content (AvgIpc) is 3.93. The third-order valence-corrected chi connectivity index (χ3v) is 9.25. The van der Waals surface area contributed by atoms with Crippen molar-refractivity contribution in [3.05, 3.63) is 78.6 Å². The van der Waals surface area contributed by atoms with Gasteiger partial charge in [0.15, 0.2) is 5.60 Å². The lowest BCUT2D eigenvalue weighted by atomic mass is 9.95. The van der Waals surface area contributed by atoms with Crippen LogP contribution in [0, 0.1) is 5.92 Å². The fourth-order valence-corrected chi connectivity index (χ4v) is 6.52. The largest absolute Gasteiger partial charge is 0.478 e. The molecule has 0 bridgehead atoms. The summed E-state index contributed by atoms with van der Waals surface area (Å²) in [6, 6.07) is 20.5. The van der Waals surface area contributed by atoms with Crippen LogP contribution in [0.3, 0.4) is 0 Å². The highest BCUT2D eigenvalue weighted by Crippen LogP contribution is 2.34. The van der Waals surface area contributed by atoms with E-state index in [0.29, 0.717) is 38.0 Å². The lowest BCUT2D eigenvalue weighted by molar-refractivity contribution is -0.147. The summed E-state index contributed by atoms with van der Waals surface area (Å²) in [5.74, 6) is 0.558. The normalized spacial score (nSPS) is 18.7. The number of hydrogen-bond donors (Lipinski definition) is 1. The van der Waals surface area contributed by atoms with E-state index in [4.69, 9.17) is 4.74 Å². The lowest BCUT2D eigenvalue weighted by Crippen LogP contribution is -2.56. The van der Waals surface area contributed by atoms with E-state index >= 15 is 0 Å². The minimum Gasteiger partial charge on any atom is -0.478 e. The summed E-state index contributed by atoms with van der Waals surface area (Å²) in [6.45, 7) is 6.87. The number of aromatic nitrogens is 1. The molecule has 46 heavy (non-hydrogen) atoms. The second-order valence-corrected chi connectivity index (χ2v) is 13.1. The van der Waals surface area contributed by atoms with Gasteiger partial charge in [-0.3, -0.25) is 14.6 Å². The summed E-state index contributed by atoms with van der Waals surface area (Å²) in [7, 11) is 0. The highest BCUT2D eigenvalue weighted by atomic mass is 16.5. The molecule has 2 saturated heterocycles. The van der Waals surface area contributed by atoms with Gasteiger partial charge in [0.1, 0.15) is 5.75 Å². The Morgan fingerprint density at radius 1 is 0.913 bits per heavy atom. The highest BCUT2D eigenvalue weighted by molar-refractivity contribution is 5.85. The number of carboxylic acid groups (broad SMARTS) is 1. The predicted octanol–water partition coefficient (Wildman–Crippen LogP) is 5.14. The summed E-state index contributed by atoms with van der Waals surface area (Å²) >= 11 is 0. The molecule has 1 saturated carbocycles.